The number of rotatable bonds is 2. The molecule has 1 heterocycles. The monoisotopic (exact) mass is 114 g/mol. The lowest BCUT2D eigenvalue weighted by Gasteiger charge is -2.04. The highest BCUT2D eigenvalue weighted by Gasteiger charge is 2.44. The van der Waals surface area contributed by atoms with Gasteiger partial charge in [0.2, 0.25) is 0 Å². The van der Waals surface area contributed by atoms with Crippen LogP contribution in [0.1, 0.15) is 26.7 Å². The fourth-order valence-corrected chi connectivity index (χ4v) is 1.17. The predicted octanol–water partition coefficient (Wildman–Crippen LogP) is 0.953. The lowest BCUT2D eigenvalue weighted by molar-refractivity contribution is 0.437. The molecule has 1 unspecified atom stereocenters. The fraction of sp³-hybridized carbons (Fsp3) is 1.00. The van der Waals surface area contributed by atoms with E-state index in [2.05, 4.69) is 31.3 Å². The van der Waals surface area contributed by atoms with Crippen LogP contribution in [0, 0.1) is 0 Å². The second-order valence-electron chi connectivity index (χ2n) is 2.41. The van der Waals surface area contributed by atoms with E-state index >= 15 is 0 Å². The molecule has 8 heavy (non-hydrogen) atoms. The van der Waals surface area contributed by atoms with Crippen molar-refractivity contribution in [3.63, 3.8) is 0 Å². The Bertz CT molecular complexity index is 81.0. The van der Waals surface area contributed by atoms with Crippen molar-refractivity contribution >= 4 is 0 Å². The van der Waals surface area contributed by atoms with Crippen molar-refractivity contribution in [2.75, 3.05) is 7.05 Å². The lowest BCUT2D eigenvalue weighted by Crippen LogP contribution is -2.14. The average molecular weight is 114 g/mol. The summed E-state index contributed by atoms with van der Waals surface area (Å²) in [6, 6.07) is 0. The summed E-state index contributed by atoms with van der Waals surface area (Å²) in [5.74, 6) is 0. The smallest absolute Gasteiger partial charge is 0.0965 e. The summed E-state index contributed by atoms with van der Waals surface area (Å²) in [5, 5.41) is 2.17. The van der Waals surface area contributed by atoms with Crippen LogP contribution in [-0.2, 0) is 0 Å². The van der Waals surface area contributed by atoms with E-state index in [0.29, 0.717) is 5.66 Å². The number of nitrogens with one attached hydrogen (secondary N) is 1. The average Bonchev–Trinajstić information content (AvgIpc) is 2.43. The Morgan fingerprint density at radius 1 is 1.38 bits per heavy atom. The van der Waals surface area contributed by atoms with Gasteiger partial charge in [-0.2, -0.15) is 0 Å². The molecule has 0 radical (unpaired) electrons. The maximum Gasteiger partial charge on any atom is 0.0965 e. The van der Waals surface area contributed by atoms with E-state index in [9.17, 15) is 0 Å². The Morgan fingerprint density at radius 3 is 1.75 bits per heavy atom. The molecule has 1 aliphatic heterocycles. The Morgan fingerprint density at radius 2 is 1.75 bits per heavy atom. The molecule has 1 atom stereocenters. The molecular formula is C6H14N2. The Balaban J connectivity index is 2.39. The van der Waals surface area contributed by atoms with Gasteiger partial charge < -0.3 is 0 Å². The number of hydrogen-bond acceptors (Lipinski definition) is 2. The van der Waals surface area contributed by atoms with Crippen LogP contribution in [0.4, 0.5) is 0 Å². The van der Waals surface area contributed by atoms with Crippen molar-refractivity contribution in [3.05, 3.63) is 0 Å². The normalized spacial score (nSPS) is 32.6. The van der Waals surface area contributed by atoms with Gasteiger partial charge in [-0.1, -0.05) is 13.8 Å². The molecule has 2 heteroatoms. The van der Waals surface area contributed by atoms with Crippen LogP contribution >= 0.6 is 0 Å². The molecule has 1 saturated heterocycles. The van der Waals surface area contributed by atoms with Crippen molar-refractivity contribution in [1.29, 1.82) is 0 Å². The molecular weight excluding hydrogens is 100 g/mol. The van der Waals surface area contributed by atoms with E-state index in [-0.39, 0.29) is 0 Å². The minimum atomic E-state index is 0.375. The first-order valence-corrected chi connectivity index (χ1v) is 3.27. The third kappa shape index (κ3) is 0.644. The van der Waals surface area contributed by atoms with E-state index in [4.69, 9.17) is 0 Å². The summed E-state index contributed by atoms with van der Waals surface area (Å²) >= 11 is 0. The first kappa shape index (κ1) is 6.05. The van der Waals surface area contributed by atoms with Crippen LogP contribution in [-0.4, -0.2) is 17.7 Å². The van der Waals surface area contributed by atoms with Crippen LogP contribution in [0.2, 0.25) is 0 Å². The third-order valence-electron chi connectivity index (χ3n) is 2.14. The van der Waals surface area contributed by atoms with Crippen LogP contribution in [0.15, 0.2) is 0 Å². The van der Waals surface area contributed by atoms with E-state index in [1.165, 1.54) is 12.8 Å². The number of nitrogens with zero attached hydrogens (tertiary/aromatic N) is 1. The fourth-order valence-electron chi connectivity index (χ4n) is 1.17. The van der Waals surface area contributed by atoms with Gasteiger partial charge in [0.25, 0.3) is 0 Å². The Kier molecular flexibility index (Phi) is 1.29. The molecule has 0 aromatic rings. The predicted molar refractivity (Wildman–Crippen MR) is 34.2 cm³/mol. The molecule has 1 fully saturated rings. The highest BCUT2D eigenvalue weighted by molar-refractivity contribution is 4.92. The molecule has 0 saturated carbocycles. The second-order valence-corrected chi connectivity index (χ2v) is 2.41. The molecule has 0 aliphatic carbocycles. The molecule has 1 rings (SSSR count). The first-order valence-electron chi connectivity index (χ1n) is 3.27. The largest absolute Gasteiger partial charge is 0.232 e. The van der Waals surface area contributed by atoms with E-state index in [0.717, 1.165) is 0 Å². The van der Waals surface area contributed by atoms with Crippen LogP contribution in [0.25, 0.3) is 0 Å². The summed E-state index contributed by atoms with van der Waals surface area (Å²) in [4.78, 5) is 0. The topological polar surface area (TPSA) is 25.0 Å². The maximum absolute atomic E-state index is 3.28. The molecule has 48 valence electrons. The van der Waals surface area contributed by atoms with Crippen LogP contribution in [0.5, 0.6) is 0 Å². The second kappa shape index (κ2) is 1.71. The zero-order valence-electron chi connectivity index (χ0n) is 5.86. The zero-order valence-corrected chi connectivity index (χ0v) is 5.86. The van der Waals surface area contributed by atoms with Gasteiger partial charge >= 0.3 is 0 Å². The van der Waals surface area contributed by atoms with E-state index < -0.39 is 0 Å². The molecule has 0 amide bonds. The Labute approximate surface area is 50.8 Å². The summed E-state index contributed by atoms with van der Waals surface area (Å²) in [7, 11) is 2.09. The molecule has 0 aromatic carbocycles. The molecule has 0 bridgehead atoms. The highest BCUT2D eigenvalue weighted by Crippen LogP contribution is 2.29. The van der Waals surface area contributed by atoms with Crippen molar-refractivity contribution in [2.45, 2.75) is 32.4 Å². The van der Waals surface area contributed by atoms with Crippen molar-refractivity contribution in [1.82, 2.24) is 10.4 Å². The van der Waals surface area contributed by atoms with Gasteiger partial charge in [-0.3, -0.25) is 0 Å². The summed E-state index contributed by atoms with van der Waals surface area (Å²) in [5.41, 5.74) is 3.65. The summed E-state index contributed by atoms with van der Waals surface area (Å²) in [6.45, 7) is 4.42. The Hall–Kier alpha value is -0.0800. The molecule has 0 spiro atoms. The van der Waals surface area contributed by atoms with E-state index in [1.807, 2.05) is 0 Å². The molecule has 1 aliphatic rings. The zero-order chi connectivity index (χ0) is 6.20. The quantitative estimate of drug-likeness (QED) is 0.541. The van der Waals surface area contributed by atoms with Crippen molar-refractivity contribution in [2.24, 2.45) is 0 Å². The van der Waals surface area contributed by atoms with E-state index in [1.54, 1.807) is 0 Å². The standard InChI is InChI=1S/C6H14N2/c1-4-6(5-2)7-8(6)3/h7H,4-5H2,1-3H3. The maximum atomic E-state index is 3.28. The van der Waals surface area contributed by atoms with Gasteiger partial charge in [0.15, 0.2) is 0 Å². The van der Waals surface area contributed by atoms with Gasteiger partial charge in [-0.05, 0) is 12.8 Å². The SMILES string of the molecule is CCC1(CC)NN1C. The molecule has 1 N–H and O–H groups in total. The number of hydrogen-bond donors (Lipinski definition) is 1. The highest BCUT2D eigenvalue weighted by atomic mass is 15.8. The van der Waals surface area contributed by atoms with Gasteiger partial charge in [0, 0.05) is 7.05 Å². The van der Waals surface area contributed by atoms with Crippen molar-refractivity contribution in [3.8, 4) is 0 Å². The molecule has 2 nitrogen and oxygen atoms in total. The van der Waals surface area contributed by atoms with Gasteiger partial charge in [0.05, 0.1) is 5.66 Å². The first-order chi connectivity index (χ1) is 3.75. The molecule has 0 aromatic heterocycles. The van der Waals surface area contributed by atoms with Crippen molar-refractivity contribution < 1.29 is 0 Å². The lowest BCUT2D eigenvalue weighted by atomic mass is 10.1. The summed E-state index contributed by atoms with van der Waals surface area (Å²) in [6.07, 6.45) is 2.42. The van der Waals surface area contributed by atoms with Gasteiger partial charge in [-0.25, -0.2) is 10.4 Å². The number of hydrazine groups is 1. The summed E-state index contributed by atoms with van der Waals surface area (Å²) < 4.78 is 0. The minimum Gasteiger partial charge on any atom is -0.232 e. The third-order valence-corrected chi connectivity index (χ3v) is 2.14. The van der Waals surface area contributed by atoms with Crippen LogP contribution in [0.3, 0.4) is 0 Å². The van der Waals surface area contributed by atoms with Gasteiger partial charge in [0.1, 0.15) is 0 Å². The minimum absolute atomic E-state index is 0.375. The van der Waals surface area contributed by atoms with Gasteiger partial charge in [-0.15, -0.1) is 0 Å². The van der Waals surface area contributed by atoms with Crippen LogP contribution < -0.4 is 5.43 Å².